The number of anilines is 1. The van der Waals surface area contributed by atoms with Crippen LogP contribution >= 0.6 is 11.3 Å². The molecule has 0 aliphatic carbocycles. The summed E-state index contributed by atoms with van der Waals surface area (Å²) in [5.41, 5.74) is 2.89. The maximum Gasteiger partial charge on any atom is 0.122 e. The van der Waals surface area contributed by atoms with Gasteiger partial charge in [-0.25, -0.2) is 4.98 Å². The van der Waals surface area contributed by atoms with E-state index in [1.807, 2.05) is 36.6 Å². The number of nitrogens with one attached hydrogen (secondary N) is 1. The van der Waals surface area contributed by atoms with Crippen LogP contribution in [0.15, 0.2) is 29.6 Å². The summed E-state index contributed by atoms with van der Waals surface area (Å²) in [6.45, 7) is 2.71. The number of ether oxygens (including phenoxy) is 1. The van der Waals surface area contributed by atoms with Crippen molar-refractivity contribution in [1.29, 1.82) is 0 Å². The normalized spacial score (nSPS) is 12.4. The van der Waals surface area contributed by atoms with Crippen molar-refractivity contribution in [2.24, 2.45) is 0 Å². The zero-order valence-corrected chi connectivity index (χ0v) is 11.9. The third-order valence-corrected chi connectivity index (χ3v) is 3.91. The molecule has 2 N–H and O–H groups in total. The fourth-order valence-corrected chi connectivity index (χ4v) is 2.51. The second-order valence-electron chi connectivity index (χ2n) is 4.27. The molecular weight excluding hydrogens is 260 g/mol. The molecule has 0 saturated carbocycles. The first-order chi connectivity index (χ1) is 9.22. The van der Waals surface area contributed by atoms with Crippen LogP contribution in [0.5, 0.6) is 0 Å². The summed E-state index contributed by atoms with van der Waals surface area (Å²) >= 11 is 1.61. The van der Waals surface area contributed by atoms with Gasteiger partial charge in [-0.3, -0.25) is 0 Å². The number of nitrogens with zero attached hydrogens (tertiary/aromatic N) is 1. The van der Waals surface area contributed by atoms with Crippen molar-refractivity contribution in [3.63, 3.8) is 0 Å². The van der Waals surface area contributed by atoms with Gasteiger partial charge in [-0.2, -0.15) is 0 Å². The Morgan fingerprint density at radius 1 is 1.47 bits per heavy atom. The summed E-state index contributed by atoms with van der Waals surface area (Å²) in [7, 11) is 1.68. The predicted octanol–water partition coefficient (Wildman–Crippen LogP) is 2.95. The van der Waals surface area contributed by atoms with Crippen molar-refractivity contribution < 1.29 is 9.84 Å². The van der Waals surface area contributed by atoms with Gasteiger partial charge in [0.05, 0.1) is 18.8 Å². The Labute approximate surface area is 117 Å². The highest BCUT2D eigenvalue weighted by Gasteiger charge is 2.09. The van der Waals surface area contributed by atoms with Gasteiger partial charge in [0.2, 0.25) is 0 Å². The summed E-state index contributed by atoms with van der Waals surface area (Å²) in [5, 5.41) is 15.4. The maximum atomic E-state index is 9.09. The third kappa shape index (κ3) is 3.76. The molecule has 0 bridgehead atoms. The molecule has 0 aliphatic rings. The smallest absolute Gasteiger partial charge is 0.122 e. The van der Waals surface area contributed by atoms with Crippen LogP contribution in [0.1, 0.15) is 29.3 Å². The molecule has 102 valence electrons. The van der Waals surface area contributed by atoms with Gasteiger partial charge in [0.25, 0.3) is 0 Å². The average molecular weight is 278 g/mol. The zero-order chi connectivity index (χ0) is 13.7. The number of thiazole rings is 1. The second-order valence-corrected chi connectivity index (χ2v) is 5.16. The Kier molecular flexibility index (Phi) is 4.90. The number of hydrogen-bond acceptors (Lipinski definition) is 5. The molecule has 2 aromatic rings. The first kappa shape index (κ1) is 14.0. The van der Waals surface area contributed by atoms with Crippen LogP contribution in [0.2, 0.25) is 0 Å². The number of hydrogen-bond donors (Lipinski definition) is 2. The molecule has 1 aromatic carbocycles. The Balaban J connectivity index is 1.96. The molecule has 19 heavy (non-hydrogen) atoms. The lowest BCUT2D eigenvalue weighted by Gasteiger charge is -2.06. The maximum absolute atomic E-state index is 9.09. The number of aromatic nitrogens is 1. The minimum atomic E-state index is 0.0384. The standard InChI is InChI=1S/C14H18N2O2S/c1-10(18-2)14-16-13(9-19-14)7-15-12-5-3-4-11(6-12)8-17/h3-6,9-10,15,17H,7-8H2,1-2H3/t10-/m0/s1. The summed E-state index contributed by atoms with van der Waals surface area (Å²) < 4.78 is 5.24. The van der Waals surface area contributed by atoms with Crippen molar-refractivity contribution in [3.8, 4) is 0 Å². The highest BCUT2D eigenvalue weighted by Crippen LogP contribution is 2.21. The zero-order valence-electron chi connectivity index (χ0n) is 11.1. The van der Waals surface area contributed by atoms with E-state index in [0.717, 1.165) is 22.0 Å². The molecule has 0 saturated heterocycles. The summed E-state index contributed by atoms with van der Waals surface area (Å²) in [6, 6.07) is 7.73. The van der Waals surface area contributed by atoms with E-state index in [-0.39, 0.29) is 12.7 Å². The fourth-order valence-electron chi connectivity index (χ4n) is 1.66. The summed E-state index contributed by atoms with van der Waals surface area (Å²) in [5.74, 6) is 0. The van der Waals surface area contributed by atoms with E-state index in [2.05, 4.69) is 10.3 Å². The van der Waals surface area contributed by atoms with Crippen molar-refractivity contribution in [2.75, 3.05) is 12.4 Å². The van der Waals surface area contributed by atoms with Gasteiger partial charge >= 0.3 is 0 Å². The first-order valence-corrected chi connectivity index (χ1v) is 7.01. The molecule has 0 unspecified atom stereocenters. The molecule has 0 spiro atoms. The Morgan fingerprint density at radius 2 is 2.32 bits per heavy atom. The topological polar surface area (TPSA) is 54.4 Å². The van der Waals surface area contributed by atoms with E-state index in [0.29, 0.717) is 6.54 Å². The Hall–Kier alpha value is -1.43. The van der Waals surface area contributed by atoms with Crippen LogP contribution in [0.25, 0.3) is 0 Å². The van der Waals surface area contributed by atoms with Crippen LogP contribution in [-0.2, 0) is 17.9 Å². The average Bonchev–Trinajstić information content (AvgIpc) is 2.93. The van der Waals surface area contributed by atoms with E-state index in [9.17, 15) is 0 Å². The summed E-state index contributed by atoms with van der Waals surface area (Å²) in [6.07, 6.45) is 0.0384. The molecule has 1 atom stereocenters. The highest BCUT2D eigenvalue weighted by atomic mass is 32.1. The van der Waals surface area contributed by atoms with Crippen molar-refractivity contribution in [2.45, 2.75) is 26.2 Å². The van der Waals surface area contributed by atoms with Crippen LogP contribution < -0.4 is 5.32 Å². The van der Waals surface area contributed by atoms with Crippen molar-refractivity contribution in [1.82, 2.24) is 4.98 Å². The molecule has 2 rings (SSSR count). The number of rotatable bonds is 6. The van der Waals surface area contributed by atoms with E-state index in [4.69, 9.17) is 9.84 Å². The van der Waals surface area contributed by atoms with Gasteiger partial charge in [0, 0.05) is 18.2 Å². The Bertz CT molecular complexity index is 528. The molecule has 0 radical (unpaired) electrons. The van der Waals surface area contributed by atoms with Crippen molar-refractivity contribution >= 4 is 17.0 Å². The lowest BCUT2D eigenvalue weighted by Crippen LogP contribution is -2.01. The molecule has 1 heterocycles. The lowest BCUT2D eigenvalue weighted by atomic mass is 10.2. The van der Waals surface area contributed by atoms with E-state index < -0.39 is 0 Å². The fraction of sp³-hybridized carbons (Fsp3) is 0.357. The van der Waals surface area contributed by atoms with Gasteiger partial charge in [-0.05, 0) is 24.6 Å². The van der Waals surface area contributed by atoms with Crippen LogP contribution in [0.4, 0.5) is 5.69 Å². The monoisotopic (exact) mass is 278 g/mol. The van der Waals surface area contributed by atoms with Gasteiger partial charge in [0.15, 0.2) is 0 Å². The number of aliphatic hydroxyl groups is 1. The van der Waals surface area contributed by atoms with E-state index >= 15 is 0 Å². The molecule has 0 amide bonds. The van der Waals surface area contributed by atoms with Crippen LogP contribution in [0, 0.1) is 0 Å². The largest absolute Gasteiger partial charge is 0.392 e. The number of benzene rings is 1. The minimum absolute atomic E-state index is 0.0384. The molecule has 0 fully saturated rings. The van der Waals surface area contributed by atoms with E-state index in [1.165, 1.54) is 0 Å². The quantitative estimate of drug-likeness (QED) is 0.853. The minimum Gasteiger partial charge on any atom is -0.392 e. The number of methoxy groups -OCH3 is 1. The number of aliphatic hydroxyl groups excluding tert-OH is 1. The highest BCUT2D eigenvalue weighted by molar-refractivity contribution is 7.09. The van der Waals surface area contributed by atoms with Crippen molar-refractivity contribution in [3.05, 3.63) is 45.9 Å². The van der Waals surface area contributed by atoms with Crippen LogP contribution in [-0.4, -0.2) is 17.2 Å². The summed E-state index contributed by atoms with van der Waals surface area (Å²) in [4.78, 5) is 4.52. The lowest BCUT2D eigenvalue weighted by molar-refractivity contribution is 0.119. The van der Waals surface area contributed by atoms with Gasteiger partial charge in [-0.1, -0.05) is 12.1 Å². The SMILES string of the molecule is CO[C@@H](C)c1nc(CNc2cccc(CO)c2)cs1. The first-order valence-electron chi connectivity index (χ1n) is 6.13. The Morgan fingerprint density at radius 3 is 3.05 bits per heavy atom. The third-order valence-electron chi connectivity index (χ3n) is 2.85. The molecule has 5 heteroatoms. The van der Waals surface area contributed by atoms with E-state index in [1.54, 1.807) is 18.4 Å². The molecular formula is C14H18N2O2S. The van der Waals surface area contributed by atoms with Crippen LogP contribution in [0.3, 0.4) is 0 Å². The predicted molar refractivity (Wildman–Crippen MR) is 77.2 cm³/mol. The van der Waals surface area contributed by atoms with Gasteiger partial charge < -0.3 is 15.2 Å². The molecule has 0 aliphatic heterocycles. The molecule has 1 aromatic heterocycles. The second kappa shape index (κ2) is 6.65. The molecule has 4 nitrogen and oxygen atoms in total. The van der Waals surface area contributed by atoms with Gasteiger partial charge in [-0.15, -0.1) is 11.3 Å². The van der Waals surface area contributed by atoms with Gasteiger partial charge in [0.1, 0.15) is 11.1 Å².